The number of amides is 2. The van der Waals surface area contributed by atoms with Crippen LogP contribution in [0.4, 0.5) is 5.69 Å². The third-order valence-electron chi connectivity index (χ3n) is 3.66. The van der Waals surface area contributed by atoms with Crippen molar-refractivity contribution in [3.63, 3.8) is 0 Å². The van der Waals surface area contributed by atoms with Gasteiger partial charge in [-0.1, -0.05) is 15.9 Å². The zero-order valence-corrected chi connectivity index (χ0v) is 13.9. The summed E-state index contributed by atoms with van der Waals surface area (Å²) in [6.45, 7) is 0.492. The second-order valence-corrected chi connectivity index (χ2v) is 6.17. The zero-order valence-electron chi connectivity index (χ0n) is 12.3. The number of hydrogen-bond acceptors (Lipinski definition) is 3. The first-order valence-electron chi connectivity index (χ1n) is 7.16. The molecule has 0 radical (unpaired) electrons. The fourth-order valence-electron chi connectivity index (χ4n) is 2.59. The first-order valence-corrected chi connectivity index (χ1v) is 7.95. The van der Waals surface area contributed by atoms with Gasteiger partial charge in [0.25, 0.3) is 11.8 Å². The molecule has 0 bridgehead atoms. The molecule has 0 saturated carbocycles. The number of fused-ring (bicyclic) bond motifs is 1. The standard InChI is InChI=1S/C17H15BrN2O3/c18-13-3-6-15-12(9-13)7-8-20(15)17(22)11-1-4-14(5-2-11)23-10-16(19)21/h1-6,9H,7-8,10H2,(H2,19,21). The molecular weight excluding hydrogens is 360 g/mol. The summed E-state index contributed by atoms with van der Waals surface area (Å²) in [6, 6.07) is 12.6. The van der Waals surface area contributed by atoms with Crippen molar-refractivity contribution in [2.75, 3.05) is 18.1 Å². The lowest BCUT2D eigenvalue weighted by molar-refractivity contribution is -0.119. The Morgan fingerprint density at radius 1 is 1.17 bits per heavy atom. The van der Waals surface area contributed by atoms with Gasteiger partial charge in [-0.25, -0.2) is 0 Å². The average Bonchev–Trinajstić information content (AvgIpc) is 2.95. The Bertz CT molecular complexity index is 759. The topological polar surface area (TPSA) is 72.6 Å². The smallest absolute Gasteiger partial charge is 0.258 e. The third kappa shape index (κ3) is 3.37. The van der Waals surface area contributed by atoms with Gasteiger partial charge in [0.15, 0.2) is 6.61 Å². The monoisotopic (exact) mass is 374 g/mol. The second kappa shape index (κ2) is 6.42. The Morgan fingerprint density at radius 2 is 1.91 bits per heavy atom. The molecule has 0 saturated heterocycles. The number of nitrogens with two attached hydrogens (primary N) is 1. The highest BCUT2D eigenvalue weighted by Gasteiger charge is 2.25. The summed E-state index contributed by atoms with van der Waals surface area (Å²) in [5.41, 5.74) is 7.72. The van der Waals surface area contributed by atoms with Gasteiger partial charge in [0.1, 0.15) is 5.75 Å². The van der Waals surface area contributed by atoms with Crippen molar-refractivity contribution < 1.29 is 14.3 Å². The quantitative estimate of drug-likeness (QED) is 0.893. The molecule has 1 heterocycles. The van der Waals surface area contributed by atoms with E-state index in [1.807, 2.05) is 18.2 Å². The van der Waals surface area contributed by atoms with Crippen LogP contribution in [0, 0.1) is 0 Å². The Kier molecular flexibility index (Phi) is 4.34. The molecule has 23 heavy (non-hydrogen) atoms. The van der Waals surface area contributed by atoms with Crippen LogP contribution in [0.25, 0.3) is 0 Å². The van der Waals surface area contributed by atoms with Crippen LogP contribution < -0.4 is 15.4 Å². The van der Waals surface area contributed by atoms with Gasteiger partial charge in [-0.15, -0.1) is 0 Å². The highest BCUT2D eigenvalue weighted by Crippen LogP contribution is 2.31. The molecule has 2 aromatic carbocycles. The number of benzene rings is 2. The van der Waals surface area contributed by atoms with Crippen LogP contribution in [0.1, 0.15) is 15.9 Å². The lowest BCUT2D eigenvalue weighted by Crippen LogP contribution is -2.28. The molecule has 6 heteroatoms. The van der Waals surface area contributed by atoms with Crippen LogP contribution in [0.5, 0.6) is 5.75 Å². The summed E-state index contributed by atoms with van der Waals surface area (Å²) in [5.74, 6) is -0.0800. The molecule has 0 atom stereocenters. The Balaban J connectivity index is 1.76. The number of ether oxygens (including phenoxy) is 1. The molecule has 118 valence electrons. The molecule has 2 aromatic rings. The average molecular weight is 375 g/mol. The van der Waals surface area contributed by atoms with Crippen molar-refractivity contribution in [3.05, 3.63) is 58.1 Å². The van der Waals surface area contributed by atoms with E-state index >= 15 is 0 Å². The van der Waals surface area contributed by atoms with E-state index in [9.17, 15) is 9.59 Å². The lowest BCUT2D eigenvalue weighted by Gasteiger charge is -2.17. The van der Waals surface area contributed by atoms with E-state index in [2.05, 4.69) is 15.9 Å². The van der Waals surface area contributed by atoms with Gasteiger partial charge in [0, 0.05) is 22.3 Å². The summed E-state index contributed by atoms with van der Waals surface area (Å²) in [7, 11) is 0. The van der Waals surface area contributed by atoms with Crippen LogP contribution in [0.15, 0.2) is 46.9 Å². The molecule has 1 aliphatic heterocycles. The van der Waals surface area contributed by atoms with Gasteiger partial charge < -0.3 is 15.4 Å². The minimum atomic E-state index is -0.537. The van der Waals surface area contributed by atoms with E-state index in [1.165, 1.54) is 0 Å². The molecule has 2 N–H and O–H groups in total. The maximum Gasteiger partial charge on any atom is 0.258 e. The van der Waals surface area contributed by atoms with E-state index in [0.717, 1.165) is 22.1 Å². The summed E-state index contributed by atoms with van der Waals surface area (Å²) in [6.07, 6.45) is 0.848. The van der Waals surface area contributed by atoms with Gasteiger partial charge in [0.2, 0.25) is 0 Å². The van der Waals surface area contributed by atoms with Gasteiger partial charge in [-0.3, -0.25) is 9.59 Å². The van der Waals surface area contributed by atoms with E-state index in [0.29, 0.717) is 17.9 Å². The highest BCUT2D eigenvalue weighted by atomic mass is 79.9. The Morgan fingerprint density at radius 3 is 2.61 bits per heavy atom. The number of carbonyl (C=O) groups excluding carboxylic acids is 2. The van der Waals surface area contributed by atoms with E-state index < -0.39 is 5.91 Å². The Hall–Kier alpha value is -2.34. The van der Waals surface area contributed by atoms with Gasteiger partial charge in [-0.2, -0.15) is 0 Å². The minimum absolute atomic E-state index is 0.0486. The van der Waals surface area contributed by atoms with Crippen LogP contribution in [-0.2, 0) is 11.2 Å². The van der Waals surface area contributed by atoms with E-state index in [1.54, 1.807) is 29.2 Å². The first kappa shape index (κ1) is 15.6. The van der Waals surface area contributed by atoms with Crippen LogP contribution in [0.2, 0.25) is 0 Å². The molecule has 3 rings (SSSR count). The predicted octanol–water partition coefficient (Wildman–Crippen LogP) is 2.52. The predicted molar refractivity (Wildman–Crippen MR) is 90.7 cm³/mol. The normalized spacial score (nSPS) is 12.8. The largest absolute Gasteiger partial charge is 0.484 e. The second-order valence-electron chi connectivity index (χ2n) is 5.26. The molecule has 0 fully saturated rings. The highest BCUT2D eigenvalue weighted by molar-refractivity contribution is 9.10. The number of halogens is 1. The van der Waals surface area contributed by atoms with Crippen LogP contribution >= 0.6 is 15.9 Å². The number of carbonyl (C=O) groups is 2. The molecule has 5 nitrogen and oxygen atoms in total. The van der Waals surface area contributed by atoms with Gasteiger partial charge >= 0.3 is 0 Å². The SMILES string of the molecule is NC(=O)COc1ccc(C(=O)N2CCc3cc(Br)ccc32)cc1. The van der Waals surface area contributed by atoms with Crippen molar-refractivity contribution in [2.45, 2.75) is 6.42 Å². The van der Waals surface area contributed by atoms with Crippen LogP contribution in [0.3, 0.4) is 0 Å². The summed E-state index contributed by atoms with van der Waals surface area (Å²) in [5, 5.41) is 0. The number of anilines is 1. The molecule has 1 aliphatic rings. The summed E-state index contributed by atoms with van der Waals surface area (Å²) >= 11 is 3.45. The molecule has 0 aromatic heterocycles. The van der Waals surface area contributed by atoms with Crippen molar-refractivity contribution in [2.24, 2.45) is 5.73 Å². The third-order valence-corrected chi connectivity index (χ3v) is 4.16. The molecule has 0 spiro atoms. The molecule has 0 aliphatic carbocycles. The fraction of sp³-hybridized carbons (Fsp3) is 0.176. The van der Waals surface area contributed by atoms with Gasteiger partial charge in [0.05, 0.1) is 0 Å². The van der Waals surface area contributed by atoms with Crippen molar-refractivity contribution in [3.8, 4) is 5.75 Å². The van der Waals surface area contributed by atoms with Crippen molar-refractivity contribution in [1.82, 2.24) is 0 Å². The van der Waals surface area contributed by atoms with Gasteiger partial charge in [-0.05, 0) is 54.4 Å². The zero-order chi connectivity index (χ0) is 16.4. The number of hydrogen-bond donors (Lipinski definition) is 1. The minimum Gasteiger partial charge on any atom is -0.484 e. The molecule has 0 unspecified atom stereocenters. The van der Waals surface area contributed by atoms with Crippen molar-refractivity contribution >= 4 is 33.4 Å². The summed E-state index contributed by atoms with van der Waals surface area (Å²) < 4.78 is 6.21. The fourth-order valence-corrected chi connectivity index (χ4v) is 2.99. The van der Waals surface area contributed by atoms with Crippen LogP contribution in [-0.4, -0.2) is 25.0 Å². The lowest BCUT2D eigenvalue weighted by atomic mass is 10.1. The first-order chi connectivity index (χ1) is 11.0. The maximum absolute atomic E-state index is 12.7. The number of rotatable bonds is 4. The molecule has 2 amide bonds. The maximum atomic E-state index is 12.7. The number of primary amides is 1. The number of nitrogens with zero attached hydrogens (tertiary/aromatic N) is 1. The van der Waals surface area contributed by atoms with Crippen molar-refractivity contribution in [1.29, 1.82) is 0 Å². The Labute approximate surface area is 142 Å². The van der Waals surface area contributed by atoms with E-state index in [4.69, 9.17) is 10.5 Å². The molecular formula is C17H15BrN2O3. The summed E-state index contributed by atoms with van der Waals surface area (Å²) in [4.78, 5) is 25.1. The van der Waals surface area contributed by atoms with E-state index in [-0.39, 0.29) is 12.5 Å².